The van der Waals surface area contributed by atoms with Gasteiger partial charge in [-0.25, -0.2) is 0 Å². The third-order valence-electron chi connectivity index (χ3n) is 3.34. The van der Waals surface area contributed by atoms with Gasteiger partial charge >= 0.3 is 0 Å². The highest BCUT2D eigenvalue weighted by Gasteiger charge is 2.12. The van der Waals surface area contributed by atoms with Crippen molar-refractivity contribution in [1.82, 2.24) is 5.32 Å². The highest BCUT2D eigenvalue weighted by Crippen LogP contribution is 2.28. The standard InChI is InChI=1S/C16H27BrN2O/c1-12(2)9-18-10-14-6-7-16(15(17)8-14)19(4)13(3)11-20-5/h6-8,12-13,18H,9-11H2,1-5H3. The van der Waals surface area contributed by atoms with Crippen molar-refractivity contribution < 1.29 is 4.74 Å². The molecule has 0 heterocycles. The van der Waals surface area contributed by atoms with E-state index in [0.717, 1.165) is 24.2 Å². The number of nitrogens with zero attached hydrogens (tertiary/aromatic N) is 1. The first-order valence-corrected chi connectivity index (χ1v) is 7.96. The van der Waals surface area contributed by atoms with Gasteiger partial charge in [-0.2, -0.15) is 0 Å². The summed E-state index contributed by atoms with van der Waals surface area (Å²) in [6.07, 6.45) is 0. The SMILES string of the molecule is COCC(C)N(C)c1ccc(CNCC(C)C)cc1Br. The Balaban J connectivity index is 2.67. The van der Waals surface area contributed by atoms with Crippen molar-refractivity contribution in [2.45, 2.75) is 33.4 Å². The van der Waals surface area contributed by atoms with Crippen LogP contribution in [0.2, 0.25) is 0 Å². The molecule has 0 fully saturated rings. The van der Waals surface area contributed by atoms with Crippen LogP contribution < -0.4 is 10.2 Å². The first-order chi connectivity index (χ1) is 9.45. The van der Waals surface area contributed by atoms with Gasteiger partial charge in [-0.15, -0.1) is 0 Å². The largest absolute Gasteiger partial charge is 0.383 e. The van der Waals surface area contributed by atoms with Crippen LogP contribution in [0, 0.1) is 5.92 Å². The molecule has 0 aliphatic rings. The van der Waals surface area contributed by atoms with E-state index in [-0.39, 0.29) is 0 Å². The van der Waals surface area contributed by atoms with E-state index >= 15 is 0 Å². The summed E-state index contributed by atoms with van der Waals surface area (Å²) in [4.78, 5) is 2.24. The van der Waals surface area contributed by atoms with Crippen molar-refractivity contribution in [1.29, 1.82) is 0 Å². The number of rotatable bonds is 8. The van der Waals surface area contributed by atoms with Crippen LogP contribution in [-0.2, 0) is 11.3 Å². The number of likely N-dealkylation sites (N-methyl/N-ethyl adjacent to an activating group) is 1. The molecule has 0 radical (unpaired) electrons. The summed E-state index contributed by atoms with van der Waals surface area (Å²) in [5, 5.41) is 3.47. The minimum atomic E-state index is 0.348. The molecule has 1 aromatic carbocycles. The van der Waals surface area contributed by atoms with Gasteiger partial charge in [0.05, 0.1) is 12.3 Å². The van der Waals surface area contributed by atoms with Gasteiger partial charge in [0.2, 0.25) is 0 Å². The molecule has 1 atom stereocenters. The normalized spacial score (nSPS) is 12.8. The minimum absolute atomic E-state index is 0.348. The van der Waals surface area contributed by atoms with Gasteiger partial charge in [-0.05, 0) is 53.0 Å². The molecule has 1 rings (SSSR count). The minimum Gasteiger partial charge on any atom is -0.383 e. The summed E-state index contributed by atoms with van der Waals surface area (Å²) in [6, 6.07) is 6.89. The molecule has 1 aromatic rings. The molecule has 1 unspecified atom stereocenters. The molecule has 20 heavy (non-hydrogen) atoms. The van der Waals surface area contributed by atoms with Gasteiger partial charge in [-0.1, -0.05) is 19.9 Å². The number of hydrogen-bond donors (Lipinski definition) is 1. The van der Waals surface area contributed by atoms with Gasteiger partial charge in [-0.3, -0.25) is 0 Å². The fourth-order valence-electron chi connectivity index (χ4n) is 2.04. The maximum absolute atomic E-state index is 5.22. The molecule has 0 amide bonds. The molecule has 114 valence electrons. The predicted octanol–water partition coefficient (Wildman–Crippen LogP) is 3.67. The van der Waals surface area contributed by atoms with Crippen molar-refractivity contribution in [3.8, 4) is 0 Å². The van der Waals surface area contributed by atoms with E-state index in [1.165, 1.54) is 11.3 Å². The van der Waals surface area contributed by atoms with E-state index in [4.69, 9.17) is 4.74 Å². The summed E-state index contributed by atoms with van der Waals surface area (Å²) in [5.74, 6) is 0.679. The van der Waals surface area contributed by atoms with Crippen molar-refractivity contribution in [3.05, 3.63) is 28.2 Å². The molecular weight excluding hydrogens is 316 g/mol. The Morgan fingerprint density at radius 2 is 2.00 bits per heavy atom. The van der Waals surface area contributed by atoms with Gasteiger partial charge in [0.25, 0.3) is 0 Å². The summed E-state index contributed by atoms with van der Waals surface area (Å²) in [5.41, 5.74) is 2.50. The third-order valence-corrected chi connectivity index (χ3v) is 3.98. The van der Waals surface area contributed by atoms with Gasteiger partial charge in [0.1, 0.15) is 0 Å². The average Bonchev–Trinajstić information content (AvgIpc) is 2.38. The third kappa shape index (κ3) is 5.43. The van der Waals surface area contributed by atoms with Crippen LogP contribution in [0.15, 0.2) is 22.7 Å². The summed E-state index contributed by atoms with van der Waals surface area (Å²) < 4.78 is 6.35. The molecule has 0 saturated heterocycles. The number of methoxy groups -OCH3 is 1. The monoisotopic (exact) mass is 342 g/mol. The molecule has 0 aliphatic heterocycles. The fourth-order valence-corrected chi connectivity index (χ4v) is 2.75. The van der Waals surface area contributed by atoms with Crippen LogP contribution in [-0.4, -0.2) is 33.4 Å². The number of hydrogen-bond acceptors (Lipinski definition) is 3. The lowest BCUT2D eigenvalue weighted by atomic mass is 10.1. The predicted molar refractivity (Wildman–Crippen MR) is 90.4 cm³/mol. The van der Waals surface area contributed by atoms with E-state index in [2.05, 4.69) is 72.2 Å². The maximum atomic E-state index is 5.22. The van der Waals surface area contributed by atoms with Crippen LogP contribution in [0.3, 0.4) is 0 Å². The second-order valence-corrected chi connectivity index (χ2v) is 6.58. The molecule has 0 aliphatic carbocycles. The van der Waals surface area contributed by atoms with E-state index in [0.29, 0.717) is 12.0 Å². The lowest BCUT2D eigenvalue weighted by molar-refractivity contribution is 0.183. The van der Waals surface area contributed by atoms with Crippen molar-refractivity contribution in [3.63, 3.8) is 0 Å². The Hall–Kier alpha value is -0.580. The fraction of sp³-hybridized carbons (Fsp3) is 0.625. The van der Waals surface area contributed by atoms with Gasteiger partial charge in [0, 0.05) is 31.2 Å². The van der Waals surface area contributed by atoms with E-state index in [1.54, 1.807) is 7.11 Å². The maximum Gasteiger partial charge on any atom is 0.0663 e. The molecule has 3 nitrogen and oxygen atoms in total. The quantitative estimate of drug-likeness (QED) is 0.780. The van der Waals surface area contributed by atoms with Crippen LogP contribution >= 0.6 is 15.9 Å². The van der Waals surface area contributed by atoms with Crippen LogP contribution in [0.4, 0.5) is 5.69 Å². The number of halogens is 1. The molecule has 0 saturated carbocycles. The Morgan fingerprint density at radius 3 is 2.55 bits per heavy atom. The first-order valence-electron chi connectivity index (χ1n) is 7.16. The number of anilines is 1. The van der Waals surface area contributed by atoms with Crippen LogP contribution in [0.25, 0.3) is 0 Å². The van der Waals surface area contributed by atoms with Crippen LogP contribution in [0.1, 0.15) is 26.3 Å². The number of nitrogens with one attached hydrogen (secondary N) is 1. The summed E-state index contributed by atoms with van der Waals surface area (Å²) >= 11 is 3.68. The van der Waals surface area contributed by atoms with Crippen molar-refractivity contribution in [2.75, 3.05) is 32.2 Å². The number of ether oxygens (including phenoxy) is 1. The van der Waals surface area contributed by atoms with Crippen LogP contribution in [0.5, 0.6) is 0 Å². The molecule has 1 N–H and O–H groups in total. The highest BCUT2D eigenvalue weighted by molar-refractivity contribution is 9.10. The summed E-state index contributed by atoms with van der Waals surface area (Å²) in [6.45, 7) is 9.28. The van der Waals surface area contributed by atoms with E-state index in [9.17, 15) is 0 Å². The van der Waals surface area contributed by atoms with Gasteiger partial charge in [0.15, 0.2) is 0 Å². The van der Waals surface area contributed by atoms with E-state index < -0.39 is 0 Å². The molecule has 0 bridgehead atoms. The topological polar surface area (TPSA) is 24.5 Å². The molecule has 4 heteroatoms. The highest BCUT2D eigenvalue weighted by atomic mass is 79.9. The zero-order chi connectivity index (χ0) is 15.1. The second-order valence-electron chi connectivity index (χ2n) is 5.73. The average molecular weight is 343 g/mol. The first kappa shape index (κ1) is 17.5. The van der Waals surface area contributed by atoms with Crippen molar-refractivity contribution in [2.24, 2.45) is 5.92 Å². The molecule has 0 spiro atoms. The molecule has 0 aromatic heterocycles. The zero-order valence-electron chi connectivity index (χ0n) is 13.2. The smallest absolute Gasteiger partial charge is 0.0663 e. The number of benzene rings is 1. The summed E-state index contributed by atoms with van der Waals surface area (Å²) in [7, 11) is 3.84. The lowest BCUT2D eigenvalue weighted by Crippen LogP contribution is -2.32. The molecular formula is C16H27BrN2O. The lowest BCUT2D eigenvalue weighted by Gasteiger charge is -2.27. The Labute approximate surface area is 131 Å². The Bertz CT molecular complexity index is 409. The van der Waals surface area contributed by atoms with Crippen molar-refractivity contribution >= 4 is 21.6 Å². The zero-order valence-corrected chi connectivity index (χ0v) is 14.8. The van der Waals surface area contributed by atoms with E-state index in [1.807, 2.05) is 0 Å². The second kappa shape index (κ2) is 8.65. The Morgan fingerprint density at radius 1 is 1.30 bits per heavy atom. The Kier molecular flexibility index (Phi) is 7.56. The van der Waals surface area contributed by atoms with Gasteiger partial charge < -0.3 is 15.0 Å².